The van der Waals surface area contributed by atoms with Crippen LogP contribution in [0.1, 0.15) is 54.4 Å². The normalized spacial score (nSPS) is 13.0. The quantitative estimate of drug-likeness (QED) is 0.544. The van der Waals surface area contributed by atoms with Gasteiger partial charge in [-0.05, 0) is 34.1 Å². The van der Waals surface area contributed by atoms with Crippen molar-refractivity contribution in [2.45, 2.75) is 60.0 Å². The van der Waals surface area contributed by atoms with Crippen molar-refractivity contribution in [3.63, 3.8) is 0 Å². The van der Waals surface area contributed by atoms with E-state index in [1.54, 1.807) is 6.92 Å². The number of hydrogen-bond acceptors (Lipinski definition) is 6. The first-order valence-electron chi connectivity index (χ1n) is 6.57. The van der Waals surface area contributed by atoms with Crippen LogP contribution in [0.3, 0.4) is 0 Å². The molecule has 6 nitrogen and oxygen atoms in total. The summed E-state index contributed by atoms with van der Waals surface area (Å²) in [5.41, 5.74) is -0.328. The van der Waals surface area contributed by atoms with E-state index in [1.165, 1.54) is 13.8 Å². The number of rotatable bonds is 1. The van der Waals surface area contributed by atoms with E-state index < -0.39 is 0 Å². The van der Waals surface area contributed by atoms with Crippen LogP contribution in [-0.2, 0) is 28.6 Å². The molecule has 1 rings (SSSR count). The van der Waals surface area contributed by atoms with E-state index in [0.717, 1.165) is 6.42 Å². The Kier molecular flexibility index (Phi) is 11.7. The molecular weight excluding hydrogens is 264 g/mol. The van der Waals surface area contributed by atoms with E-state index in [0.29, 0.717) is 19.6 Å². The Morgan fingerprint density at radius 3 is 1.80 bits per heavy atom. The number of ether oxygens (including phenoxy) is 3. The van der Waals surface area contributed by atoms with Gasteiger partial charge in [0.05, 0.1) is 13.2 Å². The lowest BCUT2D eigenvalue weighted by Gasteiger charge is -2.17. The van der Waals surface area contributed by atoms with Gasteiger partial charge in [0.2, 0.25) is 0 Å². The van der Waals surface area contributed by atoms with E-state index in [4.69, 9.17) is 4.74 Å². The van der Waals surface area contributed by atoms with Crippen molar-refractivity contribution >= 4 is 17.9 Å². The van der Waals surface area contributed by atoms with E-state index in [9.17, 15) is 14.4 Å². The minimum Gasteiger partial charge on any atom is -0.466 e. The minimum atomic E-state index is -0.328. The van der Waals surface area contributed by atoms with Crippen molar-refractivity contribution < 1.29 is 28.6 Å². The highest BCUT2D eigenvalue weighted by atomic mass is 16.6. The Hall–Kier alpha value is -1.59. The molecule has 0 saturated carbocycles. The van der Waals surface area contributed by atoms with Gasteiger partial charge in [-0.2, -0.15) is 0 Å². The molecule has 0 aromatic rings. The van der Waals surface area contributed by atoms with Crippen LogP contribution in [-0.4, -0.2) is 36.7 Å². The van der Waals surface area contributed by atoms with Crippen LogP contribution in [0.2, 0.25) is 0 Å². The third-order valence-corrected chi connectivity index (χ3v) is 1.59. The molecule has 0 bridgehead atoms. The maximum absolute atomic E-state index is 10.2. The van der Waals surface area contributed by atoms with Gasteiger partial charge < -0.3 is 14.2 Å². The van der Waals surface area contributed by atoms with Gasteiger partial charge in [0, 0.05) is 20.3 Å². The third-order valence-electron chi connectivity index (χ3n) is 1.59. The summed E-state index contributed by atoms with van der Waals surface area (Å²) in [6, 6.07) is 0. The summed E-state index contributed by atoms with van der Waals surface area (Å²) in [6.07, 6.45) is 1.54. The topological polar surface area (TPSA) is 78.9 Å². The molecule has 0 radical (unpaired) electrons. The van der Waals surface area contributed by atoms with E-state index in [1.807, 2.05) is 20.8 Å². The predicted molar refractivity (Wildman–Crippen MR) is 74.0 cm³/mol. The lowest BCUT2D eigenvalue weighted by molar-refractivity contribution is -0.152. The number of cyclic esters (lactones) is 1. The minimum absolute atomic E-state index is 0.0463. The van der Waals surface area contributed by atoms with Gasteiger partial charge in [0.1, 0.15) is 5.60 Å². The second kappa shape index (κ2) is 11.3. The highest BCUT2D eigenvalue weighted by Gasteiger charge is 2.11. The second-order valence-electron chi connectivity index (χ2n) is 4.95. The second-order valence-corrected chi connectivity index (χ2v) is 4.95. The van der Waals surface area contributed by atoms with Crippen LogP contribution >= 0.6 is 0 Å². The van der Waals surface area contributed by atoms with Crippen LogP contribution in [0.4, 0.5) is 0 Å². The fraction of sp³-hybridized carbons (Fsp3) is 0.786. The highest BCUT2D eigenvalue weighted by molar-refractivity contribution is 5.70. The Morgan fingerprint density at radius 1 is 1.20 bits per heavy atom. The molecule has 0 aliphatic carbocycles. The van der Waals surface area contributed by atoms with Crippen LogP contribution in [0.25, 0.3) is 0 Å². The maximum Gasteiger partial charge on any atom is 0.305 e. The van der Waals surface area contributed by atoms with Crippen LogP contribution < -0.4 is 0 Å². The van der Waals surface area contributed by atoms with Crippen molar-refractivity contribution in [1.82, 2.24) is 0 Å². The van der Waals surface area contributed by atoms with Gasteiger partial charge in [-0.3, -0.25) is 14.4 Å². The number of carbonyl (C=O) groups is 3. The van der Waals surface area contributed by atoms with Crippen LogP contribution in [0.15, 0.2) is 0 Å². The monoisotopic (exact) mass is 290 g/mol. The zero-order valence-corrected chi connectivity index (χ0v) is 13.3. The lowest BCUT2D eigenvalue weighted by atomic mass is 10.2. The number of hydrogen-bond donors (Lipinski definition) is 0. The third kappa shape index (κ3) is 21.7. The van der Waals surface area contributed by atoms with Gasteiger partial charge >= 0.3 is 17.9 Å². The van der Waals surface area contributed by atoms with Gasteiger partial charge in [-0.25, -0.2) is 0 Å². The molecule has 118 valence electrons. The zero-order chi connectivity index (χ0) is 16.2. The Balaban J connectivity index is 0. The fourth-order valence-corrected chi connectivity index (χ4v) is 1.11. The van der Waals surface area contributed by atoms with E-state index in [-0.39, 0.29) is 23.5 Å². The first-order valence-corrected chi connectivity index (χ1v) is 6.57. The van der Waals surface area contributed by atoms with Crippen molar-refractivity contribution in [2.24, 2.45) is 0 Å². The van der Waals surface area contributed by atoms with Gasteiger partial charge in [-0.15, -0.1) is 0 Å². The average Bonchev–Trinajstić information content (AvgIpc) is 2.66. The molecule has 0 unspecified atom stereocenters. The smallest absolute Gasteiger partial charge is 0.305 e. The largest absolute Gasteiger partial charge is 0.466 e. The molecule has 20 heavy (non-hydrogen) atoms. The zero-order valence-electron chi connectivity index (χ0n) is 13.3. The molecule has 0 N–H and O–H groups in total. The summed E-state index contributed by atoms with van der Waals surface area (Å²) in [6.45, 7) is 11.2. The molecule has 0 amide bonds. The standard InChI is InChI=1S/C6H12O2.C4H6O2.C4H8O2/c1-5(7)8-6(2,3)4;5-4-2-1-3-6-4;1-3-6-4(2)5/h1-4H3;1-3H2;3H2,1-2H3. The first-order chi connectivity index (χ1) is 9.08. The van der Waals surface area contributed by atoms with Crippen molar-refractivity contribution in [3.8, 4) is 0 Å². The Morgan fingerprint density at radius 2 is 1.75 bits per heavy atom. The molecule has 0 aromatic heterocycles. The number of carbonyl (C=O) groups excluding carboxylic acids is 3. The lowest BCUT2D eigenvalue weighted by Crippen LogP contribution is -2.21. The molecule has 0 spiro atoms. The summed E-state index contributed by atoms with van der Waals surface area (Å²) < 4.78 is 13.7. The molecule has 1 heterocycles. The summed E-state index contributed by atoms with van der Waals surface area (Å²) >= 11 is 0. The average molecular weight is 290 g/mol. The summed E-state index contributed by atoms with van der Waals surface area (Å²) in [7, 11) is 0. The highest BCUT2D eigenvalue weighted by Crippen LogP contribution is 2.05. The van der Waals surface area contributed by atoms with Crippen LogP contribution in [0, 0.1) is 0 Å². The summed E-state index contributed by atoms with van der Waals surface area (Å²) in [5, 5.41) is 0. The van der Waals surface area contributed by atoms with Crippen LogP contribution in [0.5, 0.6) is 0 Å². The molecule has 1 fully saturated rings. The van der Waals surface area contributed by atoms with Gasteiger partial charge in [0.15, 0.2) is 0 Å². The molecule has 1 aliphatic heterocycles. The van der Waals surface area contributed by atoms with Gasteiger partial charge in [0.25, 0.3) is 0 Å². The number of esters is 3. The van der Waals surface area contributed by atoms with E-state index >= 15 is 0 Å². The molecule has 1 aliphatic rings. The Bertz CT molecular complexity index is 295. The molecule has 0 atom stereocenters. The summed E-state index contributed by atoms with van der Waals surface area (Å²) in [5.74, 6) is -0.481. The molecular formula is C14H26O6. The predicted octanol–water partition coefficient (Wildman–Crippen LogP) is 2.24. The van der Waals surface area contributed by atoms with Crippen molar-refractivity contribution in [1.29, 1.82) is 0 Å². The maximum atomic E-state index is 10.2. The fourth-order valence-electron chi connectivity index (χ4n) is 1.11. The summed E-state index contributed by atoms with van der Waals surface area (Å²) in [4.78, 5) is 30.1. The van der Waals surface area contributed by atoms with Gasteiger partial charge in [-0.1, -0.05) is 0 Å². The Labute approximate surface area is 120 Å². The first kappa shape index (κ1) is 20.7. The molecule has 0 aromatic carbocycles. The van der Waals surface area contributed by atoms with E-state index in [2.05, 4.69) is 9.47 Å². The SMILES string of the molecule is CC(=O)OC(C)(C)C.CCOC(C)=O.O=C1CCCO1. The van der Waals surface area contributed by atoms with Crippen molar-refractivity contribution in [2.75, 3.05) is 13.2 Å². The molecule has 6 heteroatoms. The van der Waals surface area contributed by atoms with Crippen molar-refractivity contribution in [3.05, 3.63) is 0 Å². The molecule has 1 saturated heterocycles.